The predicted molar refractivity (Wildman–Crippen MR) is 67.3 cm³/mol. The number of carboxylic acids is 1. The molecule has 112 valence electrons. The Labute approximate surface area is 120 Å². The van der Waals surface area contributed by atoms with Crippen LogP contribution in [0.5, 0.6) is 0 Å². The first-order chi connectivity index (χ1) is 10.0. The van der Waals surface area contributed by atoms with Crippen molar-refractivity contribution in [3.05, 3.63) is 23.3 Å². The number of ether oxygens (including phenoxy) is 1. The summed E-state index contributed by atoms with van der Waals surface area (Å²) in [5.41, 5.74) is 1.16. The molecule has 0 unspecified atom stereocenters. The van der Waals surface area contributed by atoms with Gasteiger partial charge in [0, 0.05) is 17.2 Å². The molecule has 0 bridgehead atoms. The first kappa shape index (κ1) is 15.0. The lowest BCUT2D eigenvalue weighted by Crippen LogP contribution is -2.35. The third-order valence-corrected chi connectivity index (χ3v) is 3.39. The third-order valence-electron chi connectivity index (χ3n) is 3.39. The minimum absolute atomic E-state index is 0.0322. The minimum Gasteiger partial charge on any atom is -0.545 e. The maximum Gasteiger partial charge on any atom is 0.330 e. The van der Waals surface area contributed by atoms with Crippen molar-refractivity contribution >= 4 is 23.8 Å². The number of carbonyl (C=O) groups excluding carboxylic acids is 4. The molecular formula is C14H14NO6-. The van der Waals surface area contributed by atoms with Crippen LogP contribution < -0.4 is 5.11 Å². The number of rotatable bonds is 5. The number of aliphatic carboxylic acids is 1. The molecule has 0 spiro atoms. The summed E-state index contributed by atoms with van der Waals surface area (Å²) in [5.74, 6) is -2.99. The van der Waals surface area contributed by atoms with E-state index in [1.165, 1.54) is 0 Å². The highest BCUT2D eigenvalue weighted by molar-refractivity contribution is 6.19. The van der Waals surface area contributed by atoms with Crippen molar-refractivity contribution < 1.29 is 29.0 Å². The van der Waals surface area contributed by atoms with Gasteiger partial charge in [-0.25, -0.2) is 4.79 Å². The summed E-state index contributed by atoms with van der Waals surface area (Å²) in [6, 6.07) is 0. The SMILES string of the molecule is O=C([O-])/C=C\C(=O)OCCN1C(=O)C2=C(CCCC2)C1=O. The van der Waals surface area contributed by atoms with Crippen LogP contribution in [0.4, 0.5) is 0 Å². The maximum absolute atomic E-state index is 12.0. The van der Waals surface area contributed by atoms with Gasteiger partial charge in [-0.1, -0.05) is 0 Å². The zero-order chi connectivity index (χ0) is 15.4. The van der Waals surface area contributed by atoms with E-state index in [9.17, 15) is 24.3 Å². The van der Waals surface area contributed by atoms with E-state index in [0.29, 0.717) is 36.1 Å². The fourth-order valence-electron chi connectivity index (χ4n) is 2.42. The summed E-state index contributed by atoms with van der Waals surface area (Å²) < 4.78 is 4.72. The van der Waals surface area contributed by atoms with E-state index in [1.54, 1.807) is 0 Å². The quantitative estimate of drug-likeness (QED) is 0.368. The average molecular weight is 292 g/mol. The zero-order valence-corrected chi connectivity index (χ0v) is 11.3. The number of esters is 1. The molecule has 2 amide bonds. The van der Waals surface area contributed by atoms with Crippen LogP contribution in [0, 0.1) is 0 Å². The summed E-state index contributed by atoms with van der Waals surface area (Å²) >= 11 is 0. The molecule has 1 heterocycles. The molecule has 0 aromatic rings. The van der Waals surface area contributed by atoms with Crippen molar-refractivity contribution in [3.8, 4) is 0 Å². The Morgan fingerprint density at radius 3 is 2.19 bits per heavy atom. The van der Waals surface area contributed by atoms with Gasteiger partial charge in [-0.3, -0.25) is 14.5 Å². The molecule has 0 saturated carbocycles. The Bertz CT molecular complexity index is 532. The molecule has 0 radical (unpaired) electrons. The van der Waals surface area contributed by atoms with Crippen molar-refractivity contribution in [2.24, 2.45) is 0 Å². The molecule has 21 heavy (non-hydrogen) atoms. The number of imide groups is 1. The highest BCUT2D eigenvalue weighted by Crippen LogP contribution is 2.32. The Hall–Kier alpha value is -2.44. The van der Waals surface area contributed by atoms with Gasteiger partial charge in [0.15, 0.2) is 0 Å². The normalized spacial score (nSPS) is 18.4. The molecule has 1 aliphatic heterocycles. The van der Waals surface area contributed by atoms with E-state index in [2.05, 4.69) is 0 Å². The lowest BCUT2D eigenvalue weighted by Gasteiger charge is -2.14. The molecule has 0 N–H and O–H groups in total. The first-order valence-electron chi connectivity index (χ1n) is 6.64. The summed E-state index contributed by atoms with van der Waals surface area (Å²) in [7, 11) is 0. The van der Waals surface area contributed by atoms with Crippen molar-refractivity contribution in [2.45, 2.75) is 25.7 Å². The zero-order valence-electron chi connectivity index (χ0n) is 11.3. The van der Waals surface area contributed by atoms with Gasteiger partial charge in [0.25, 0.3) is 11.8 Å². The molecule has 2 aliphatic rings. The van der Waals surface area contributed by atoms with Crippen LogP contribution in [-0.2, 0) is 23.9 Å². The third kappa shape index (κ3) is 3.36. The standard InChI is InChI=1S/C14H15NO6/c16-11(17)5-6-12(18)21-8-7-15-13(19)9-3-1-2-4-10(9)14(15)20/h5-6H,1-4,7-8H2,(H,16,17)/p-1/b6-5-. The second kappa shape index (κ2) is 6.34. The molecule has 1 aliphatic carbocycles. The number of nitrogens with zero attached hydrogens (tertiary/aromatic N) is 1. The van der Waals surface area contributed by atoms with E-state index in [1.807, 2.05) is 0 Å². The Morgan fingerprint density at radius 1 is 1.10 bits per heavy atom. The van der Waals surface area contributed by atoms with Crippen LogP contribution in [0.2, 0.25) is 0 Å². The van der Waals surface area contributed by atoms with Crippen molar-refractivity contribution in [1.29, 1.82) is 0 Å². The van der Waals surface area contributed by atoms with Gasteiger partial charge >= 0.3 is 5.97 Å². The van der Waals surface area contributed by atoms with Crippen molar-refractivity contribution in [2.75, 3.05) is 13.2 Å². The van der Waals surface area contributed by atoms with Gasteiger partial charge in [0.05, 0.1) is 12.5 Å². The topological polar surface area (TPSA) is 104 Å². The second-order valence-corrected chi connectivity index (χ2v) is 4.75. The lowest BCUT2D eigenvalue weighted by molar-refractivity contribution is -0.297. The Kier molecular flexibility index (Phi) is 4.52. The number of hydrogen-bond donors (Lipinski definition) is 0. The molecule has 0 aromatic heterocycles. The van der Waals surface area contributed by atoms with Crippen LogP contribution in [0.1, 0.15) is 25.7 Å². The van der Waals surface area contributed by atoms with E-state index in [-0.39, 0.29) is 25.0 Å². The molecule has 7 nitrogen and oxygen atoms in total. The van der Waals surface area contributed by atoms with Gasteiger partial charge in [-0.05, 0) is 31.8 Å². The van der Waals surface area contributed by atoms with E-state index < -0.39 is 11.9 Å². The summed E-state index contributed by atoms with van der Waals surface area (Å²) in [4.78, 5) is 46.4. The Balaban J connectivity index is 1.85. The molecule has 0 aromatic carbocycles. The number of hydrogen-bond acceptors (Lipinski definition) is 6. The molecule has 2 rings (SSSR count). The van der Waals surface area contributed by atoms with Crippen molar-refractivity contribution in [1.82, 2.24) is 4.90 Å². The Morgan fingerprint density at radius 2 is 1.67 bits per heavy atom. The largest absolute Gasteiger partial charge is 0.545 e. The highest BCUT2D eigenvalue weighted by Gasteiger charge is 2.38. The van der Waals surface area contributed by atoms with Crippen LogP contribution in [-0.4, -0.2) is 41.8 Å². The molecule has 7 heteroatoms. The molecule has 0 fully saturated rings. The van der Waals surface area contributed by atoms with Gasteiger partial charge in [0.2, 0.25) is 0 Å². The van der Waals surface area contributed by atoms with E-state index in [0.717, 1.165) is 17.7 Å². The first-order valence-corrected chi connectivity index (χ1v) is 6.64. The summed E-state index contributed by atoms with van der Waals surface area (Å²) in [6.07, 6.45) is 4.29. The van der Waals surface area contributed by atoms with Crippen LogP contribution in [0.3, 0.4) is 0 Å². The maximum atomic E-state index is 12.0. The van der Waals surface area contributed by atoms with Gasteiger partial charge in [-0.2, -0.15) is 0 Å². The van der Waals surface area contributed by atoms with Crippen LogP contribution in [0.25, 0.3) is 0 Å². The van der Waals surface area contributed by atoms with Crippen LogP contribution >= 0.6 is 0 Å². The molecular weight excluding hydrogens is 278 g/mol. The highest BCUT2D eigenvalue weighted by atomic mass is 16.5. The predicted octanol–water partition coefficient (Wildman–Crippen LogP) is -0.925. The van der Waals surface area contributed by atoms with E-state index >= 15 is 0 Å². The smallest absolute Gasteiger partial charge is 0.330 e. The molecule has 0 saturated heterocycles. The van der Waals surface area contributed by atoms with Gasteiger partial charge in [0.1, 0.15) is 6.61 Å². The van der Waals surface area contributed by atoms with Crippen molar-refractivity contribution in [3.63, 3.8) is 0 Å². The number of amides is 2. The van der Waals surface area contributed by atoms with Gasteiger partial charge in [-0.15, -0.1) is 0 Å². The van der Waals surface area contributed by atoms with E-state index in [4.69, 9.17) is 4.74 Å². The monoisotopic (exact) mass is 292 g/mol. The number of carbonyl (C=O) groups is 4. The minimum atomic E-state index is -1.51. The fourth-order valence-corrected chi connectivity index (χ4v) is 2.42. The van der Waals surface area contributed by atoms with Crippen LogP contribution in [0.15, 0.2) is 23.3 Å². The van der Waals surface area contributed by atoms with Gasteiger partial charge < -0.3 is 14.6 Å². The summed E-state index contributed by atoms with van der Waals surface area (Å²) in [5, 5.41) is 10.1. The number of carboxylic acid groups (broad SMARTS) is 1. The average Bonchev–Trinajstić information content (AvgIpc) is 2.70. The molecule has 0 atom stereocenters. The second-order valence-electron chi connectivity index (χ2n) is 4.75. The summed E-state index contributed by atoms with van der Waals surface area (Å²) in [6.45, 7) is -0.205. The fraction of sp³-hybridized carbons (Fsp3) is 0.429. The lowest BCUT2D eigenvalue weighted by atomic mass is 9.93.